The molecule has 0 saturated carbocycles. The zero-order chi connectivity index (χ0) is 33.1. The summed E-state index contributed by atoms with van der Waals surface area (Å²) in [6.45, 7) is 7.77. The standard InChI is InChI=1S/C44H22N4OS/c1-46-26-11-15-37-34(21-26)43-38(16-17-40-44(43)30-7-3-5-9-39(30)49-40)48(37)28-13-19-42-33(23-28)32-22-27(12-18-41(32)50-42)47-35-8-4-2-6-29(35)31-20-25(24-45)10-14-36(31)47/h2-23H. The van der Waals surface area contributed by atoms with Gasteiger partial charge in [-0.3, -0.25) is 0 Å². The molecule has 4 heterocycles. The normalized spacial score (nSPS) is 12.0. The lowest BCUT2D eigenvalue weighted by atomic mass is 10.1. The summed E-state index contributed by atoms with van der Waals surface area (Å²) in [5.41, 5.74) is 9.41. The Morgan fingerprint density at radius 1 is 0.540 bits per heavy atom. The van der Waals surface area contributed by atoms with Crippen LogP contribution in [0.4, 0.5) is 5.69 Å². The van der Waals surface area contributed by atoms with Crippen LogP contribution >= 0.6 is 11.3 Å². The molecule has 50 heavy (non-hydrogen) atoms. The van der Waals surface area contributed by atoms with Crippen molar-refractivity contribution in [2.45, 2.75) is 0 Å². The predicted octanol–water partition coefficient (Wildman–Crippen LogP) is 12.6. The fourth-order valence-corrected chi connectivity index (χ4v) is 9.08. The van der Waals surface area contributed by atoms with Crippen LogP contribution in [0, 0.1) is 17.9 Å². The van der Waals surface area contributed by atoms with Gasteiger partial charge in [0.1, 0.15) is 11.2 Å². The molecule has 11 aromatic rings. The van der Waals surface area contributed by atoms with Crippen molar-refractivity contribution in [3.8, 4) is 17.4 Å². The van der Waals surface area contributed by atoms with Crippen LogP contribution in [-0.2, 0) is 0 Å². The molecule has 6 heteroatoms. The molecule has 0 aliphatic heterocycles. The summed E-state index contributed by atoms with van der Waals surface area (Å²) in [5, 5.41) is 18.5. The maximum Gasteiger partial charge on any atom is 0.188 e. The van der Waals surface area contributed by atoms with E-state index in [1.165, 1.54) is 20.2 Å². The van der Waals surface area contributed by atoms with E-state index < -0.39 is 0 Å². The van der Waals surface area contributed by atoms with Crippen molar-refractivity contribution in [2.75, 3.05) is 0 Å². The SMILES string of the molecule is [C-]#[N+]c1ccc2c(c1)c1c3c(ccc1n2-c1ccc2sc4ccc(-n5c6ccccc6c6cc(C#N)ccc65)cc4c2c1)oc1ccccc13. The van der Waals surface area contributed by atoms with E-state index in [1.807, 2.05) is 42.5 Å². The second kappa shape index (κ2) is 9.84. The average molecular weight is 655 g/mol. The fourth-order valence-electron chi connectivity index (χ4n) is 8.01. The lowest BCUT2D eigenvalue weighted by Crippen LogP contribution is -1.94. The van der Waals surface area contributed by atoms with Crippen molar-refractivity contribution in [3.05, 3.63) is 150 Å². The van der Waals surface area contributed by atoms with E-state index in [9.17, 15) is 5.26 Å². The first-order chi connectivity index (χ1) is 24.7. The molecular weight excluding hydrogens is 633 g/mol. The van der Waals surface area contributed by atoms with E-state index in [-0.39, 0.29) is 0 Å². The number of benzene rings is 7. The van der Waals surface area contributed by atoms with Gasteiger partial charge in [-0.2, -0.15) is 5.26 Å². The summed E-state index contributed by atoms with van der Waals surface area (Å²) in [6.07, 6.45) is 0. The minimum absolute atomic E-state index is 0.613. The number of thiophene rings is 1. The monoisotopic (exact) mass is 654 g/mol. The van der Waals surface area contributed by atoms with Crippen molar-refractivity contribution in [2.24, 2.45) is 0 Å². The van der Waals surface area contributed by atoms with Crippen molar-refractivity contribution >= 4 is 103 Å². The number of nitrogens with zero attached hydrogens (tertiary/aromatic N) is 4. The molecule has 0 fully saturated rings. The highest BCUT2D eigenvalue weighted by molar-refractivity contribution is 7.25. The highest BCUT2D eigenvalue weighted by atomic mass is 32.1. The quantitative estimate of drug-likeness (QED) is 0.174. The van der Waals surface area contributed by atoms with Crippen LogP contribution in [0.25, 0.3) is 102 Å². The second-order valence-corrected chi connectivity index (χ2v) is 13.8. The number of rotatable bonds is 2. The smallest absolute Gasteiger partial charge is 0.188 e. The molecule has 0 atom stereocenters. The Hall–Kier alpha value is -6.86. The van der Waals surface area contributed by atoms with Crippen LogP contribution in [0.2, 0.25) is 0 Å². The van der Waals surface area contributed by atoms with Crippen molar-refractivity contribution in [1.29, 1.82) is 5.26 Å². The Balaban J connectivity index is 1.19. The van der Waals surface area contributed by atoms with Crippen molar-refractivity contribution in [3.63, 3.8) is 0 Å². The number of aromatic nitrogens is 2. The fraction of sp³-hybridized carbons (Fsp3) is 0. The number of fused-ring (bicyclic) bond motifs is 13. The lowest BCUT2D eigenvalue weighted by molar-refractivity contribution is 0.669. The molecule has 0 saturated heterocycles. The number of hydrogen-bond donors (Lipinski definition) is 0. The maximum absolute atomic E-state index is 9.63. The van der Waals surface area contributed by atoms with Crippen LogP contribution in [-0.4, -0.2) is 9.13 Å². The van der Waals surface area contributed by atoms with E-state index >= 15 is 0 Å². The van der Waals surface area contributed by atoms with Crippen LogP contribution in [0.1, 0.15) is 5.56 Å². The predicted molar refractivity (Wildman–Crippen MR) is 206 cm³/mol. The Bertz CT molecular complexity index is 3360. The number of hydrogen-bond acceptors (Lipinski definition) is 3. The zero-order valence-corrected chi connectivity index (χ0v) is 27.1. The first-order valence-corrected chi connectivity index (χ1v) is 17.2. The summed E-state index contributed by atoms with van der Waals surface area (Å²) in [6, 6.07) is 48.5. The molecule has 0 spiro atoms. The van der Waals surface area contributed by atoms with Crippen molar-refractivity contribution in [1.82, 2.24) is 9.13 Å². The Kier molecular flexibility index (Phi) is 5.34. The summed E-state index contributed by atoms with van der Waals surface area (Å²) in [4.78, 5) is 3.79. The molecule has 0 unspecified atom stereocenters. The summed E-state index contributed by atoms with van der Waals surface area (Å²) in [5.74, 6) is 0. The molecule has 11 rings (SSSR count). The first kappa shape index (κ1) is 27.1. The van der Waals surface area contributed by atoms with E-state index in [4.69, 9.17) is 11.0 Å². The Morgan fingerprint density at radius 3 is 1.98 bits per heavy atom. The number of para-hydroxylation sites is 2. The van der Waals surface area contributed by atoms with Gasteiger partial charge in [-0.1, -0.05) is 42.5 Å². The largest absolute Gasteiger partial charge is 0.456 e. The number of nitriles is 1. The van der Waals surface area contributed by atoms with E-state index in [1.54, 1.807) is 11.3 Å². The average Bonchev–Trinajstić information content (AvgIpc) is 3.91. The Morgan fingerprint density at radius 2 is 1.20 bits per heavy atom. The van der Waals surface area contributed by atoms with Crippen LogP contribution in [0.5, 0.6) is 0 Å². The Labute approximate surface area is 288 Å². The summed E-state index contributed by atoms with van der Waals surface area (Å²) >= 11 is 1.80. The molecule has 230 valence electrons. The minimum Gasteiger partial charge on any atom is -0.456 e. The number of furan rings is 1. The van der Waals surface area contributed by atoms with Crippen molar-refractivity contribution < 1.29 is 4.42 Å². The van der Waals surface area contributed by atoms with Gasteiger partial charge < -0.3 is 13.6 Å². The van der Waals surface area contributed by atoms with Gasteiger partial charge in [0, 0.05) is 58.5 Å². The third-order valence-corrected chi connectivity index (χ3v) is 11.3. The topological polar surface area (TPSA) is 51.1 Å². The molecule has 0 bridgehead atoms. The summed E-state index contributed by atoms with van der Waals surface area (Å²) < 4.78 is 13.4. The van der Waals surface area contributed by atoms with Gasteiger partial charge in [-0.25, -0.2) is 4.85 Å². The first-order valence-electron chi connectivity index (χ1n) is 16.3. The van der Waals surface area contributed by atoms with Gasteiger partial charge in [0.15, 0.2) is 5.69 Å². The third-order valence-electron chi connectivity index (χ3n) is 10.1. The zero-order valence-electron chi connectivity index (χ0n) is 26.3. The lowest BCUT2D eigenvalue weighted by Gasteiger charge is -2.10. The minimum atomic E-state index is 0.613. The molecule has 7 aromatic carbocycles. The molecule has 4 aromatic heterocycles. The van der Waals surface area contributed by atoms with Gasteiger partial charge in [-0.05, 0) is 96.4 Å². The van der Waals surface area contributed by atoms with Crippen LogP contribution in [0.3, 0.4) is 0 Å². The van der Waals surface area contributed by atoms with E-state index in [0.29, 0.717) is 11.3 Å². The van der Waals surface area contributed by atoms with Gasteiger partial charge in [-0.15, -0.1) is 11.3 Å². The second-order valence-electron chi connectivity index (χ2n) is 12.7. The highest BCUT2D eigenvalue weighted by Gasteiger charge is 2.20. The molecule has 0 N–H and O–H groups in total. The molecule has 0 amide bonds. The van der Waals surface area contributed by atoms with Crippen LogP contribution in [0.15, 0.2) is 138 Å². The molecule has 0 aliphatic rings. The van der Waals surface area contributed by atoms with Gasteiger partial charge in [0.05, 0.1) is 40.3 Å². The highest BCUT2D eigenvalue weighted by Crippen LogP contribution is 2.44. The maximum atomic E-state index is 9.63. The van der Waals surface area contributed by atoms with E-state index in [0.717, 1.165) is 76.9 Å². The molecule has 5 nitrogen and oxygen atoms in total. The van der Waals surface area contributed by atoms with Gasteiger partial charge >= 0.3 is 0 Å². The molecule has 0 radical (unpaired) electrons. The van der Waals surface area contributed by atoms with Gasteiger partial charge in [0.2, 0.25) is 0 Å². The molecule has 0 aliphatic carbocycles. The van der Waals surface area contributed by atoms with Gasteiger partial charge in [0.25, 0.3) is 0 Å². The third kappa shape index (κ3) is 3.58. The van der Waals surface area contributed by atoms with Crippen LogP contribution < -0.4 is 0 Å². The molecular formula is C44H22N4OS. The van der Waals surface area contributed by atoms with E-state index in [2.05, 4.69) is 111 Å². The summed E-state index contributed by atoms with van der Waals surface area (Å²) in [7, 11) is 0.